The summed E-state index contributed by atoms with van der Waals surface area (Å²) in [6.45, 7) is 2.06. The smallest absolute Gasteiger partial charge is 0.132 e. The molecule has 0 saturated carbocycles. The van der Waals surface area contributed by atoms with Crippen LogP contribution in [0.25, 0.3) is 0 Å². The minimum absolute atomic E-state index is 0.253. The van der Waals surface area contributed by atoms with Crippen LogP contribution in [0.15, 0.2) is 35.2 Å². The summed E-state index contributed by atoms with van der Waals surface area (Å²) in [5, 5.41) is 10.7. The van der Waals surface area contributed by atoms with Crippen LogP contribution in [0.4, 0.5) is 0 Å². The zero-order valence-corrected chi connectivity index (χ0v) is 12.7. The number of hydrogen-bond acceptors (Lipinski definition) is 3. The van der Waals surface area contributed by atoms with Crippen molar-refractivity contribution in [1.29, 1.82) is 0 Å². The summed E-state index contributed by atoms with van der Waals surface area (Å²) in [7, 11) is -2.75. The van der Waals surface area contributed by atoms with Crippen LogP contribution in [0, 0.1) is 0 Å². The normalized spacial score (nSPS) is 13.7. The minimum Gasteiger partial charge on any atom is -0.304 e. The zero-order valence-electron chi connectivity index (χ0n) is 11.9. The lowest BCUT2D eigenvalue weighted by molar-refractivity contribution is -0.119. The van der Waals surface area contributed by atoms with E-state index in [0.29, 0.717) is 30.6 Å². The lowest BCUT2D eigenvalue weighted by Crippen LogP contribution is -2.22. The van der Waals surface area contributed by atoms with Gasteiger partial charge in [-0.2, -0.15) is 0 Å². The Balaban J connectivity index is 2.55. The Morgan fingerprint density at radius 3 is 2.50 bits per heavy atom. The van der Waals surface area contributed by atoms with E-state index in [0.717, 1.165) is 12.8 Å². The van der Waals surface area contributed by atoms with Crippen molar-refractivity contribution in [3.05, 3.63) is 30.3 Å². The molecule has 0 bridgehead atoms. The molecule has 2 N–H and O–H groups in total. The maximum atomic E-state index is 12.5. The molecule has 1 rings (SSSR count). The van der Waals surface area contributed by atoms with Crippen molar-refractivity contribution in [2.45, 2.75) is 50.3 Å². The standard InChI is InChI=1S/C15H23NO3S/c1-2-3-9-14(17)10-7-8-13-20(19,16-18)15-11-5-4-6-12-15/h4-6,11-13,18H,2-3,7-10H2,1H3,(H,16,19). The molecular formula is C15H23NO3S. The van der Waals surface area contributed by atoms with Gasteiger partial charge in [0.25, 0.3) is 0 Å². The molecule has 20 heavy (non-hydrogen) atoms. The highest BCUT2D eigenvalue weighted by atomic mass is 32.2. The fourth-order valence-corrected chi connectivity index (χ4v) is 3.29. The number of hydrogen-bond donors (Lipinski definition) is 2. The van der Waals surface area contributed by atoms with Crippen molar-refractivity contribution in [3.8, 4) is 0 Å². The van der Waals surface area contributed by atoms with E-state index in [9.17, 15) is 9.00 Å². The van der Waals surface area contributed by atoms with E-state index in [-0.39, 0.29) is 5.78 Å². The largest absolute Gasteiger partial charge is 0.304 e. The molecule has 1 unspecified atom stereocenters. The molecule has 4 nitrogen and oxygen atoms in total. The third kappa shape index (κ3) is 5.45. The second-order valence-electron chi connectivity index (χ2n) is 4.71. The van der Waals surface area contributed by atoms with Crippen LogP contribution in [0.1, 0.15) is 45.4 Å². The number of carbonyl (C=O) groups is 1. The Labute approximate surface area is 121 Å². The molecule has 0 fully saturated rings. The number of unbranched alkanes of at least 4 members (excludes halogenated alkanes) is 2. The molecular weight excluding hydrogens is 274 g/mol. The summed E-state index contributed by atoms with van der Waals surface area (Å²) in [5.74, 6) is 0.253. The third-order valence-corrected chi connectivity index (χ3v) is 5.00. The number of nitrogens with one attached hydrogen (secondary N) is 1. The molecule has 0 amide bonds. The lowest BCUT2D eigenvalue weighted by atomic mass is 10.1. The van der Waals surface area contributed by atoms with Gasteiger partial charge >= 0.3 is 0 Å². The Morgan fingerprint density at radius 2 is 1.90 bits per heavy atom. The van der Waals surface area contributed by atoms with Gasteiger partial charge < -0.3 is 5.21 Å². The molecule has 0 aliphatic carbocycles. The molecule has 1 aromatic carbocycles. The summed E-state index contributed by atoms with van der Waals surface area (Å²) in [4.78, 5) is 14.0. The monoisotopic (exact) mass is 297 g/mol. The van der Waals surface area contributed by atoms with Crippen molar-refractivity contribution in [2.24, 2.45) is 0 Å². The van der Waals surface area contributed by atoms with Gasteiger partial charge in [0.2, 0.25) is 0 Å². The van der Waals surface area contributed by atoms with Gasteiger partial charge in [0.15, 0.2) is 0 Å². The Morgan fingerprint density at radius 1 is 1.25 bits per heavy atom. The Hall–Kier alpha value is -1.17. The highest BCUT2D eigenvalue weighted by Crippen LogP contribution is 2.09. The number of Topliss-reactive ketones (excluding diaryl/α,β-unsaturated/α-hetero) is 1. The van der Waals surface area contributed by atoms with Crippen molar-refractivity contribution in [3.63, 3.8) is 0 Å². The quantitative estimate of drug-likeness (QED) is 0.418. The predicted molar refractivity (Wildman–Crippen MR) is 82.2 cm³/mol. The van der Waals surface area contributed by atoms with Crippen LogP contribution in [-0.2, 0) is 14.5 Å². The van der Waals surface area contributed by atoms with E-state index in [1.54, 1.807) is 29.6 Å². The average molecular weight is 297 g/mol. The van der Waals surface area contributed by atoms with Crippen molar-refractivity contribution in [1.82, 2.24) is 4.89 Å². The van der Waals surface area contributed by atoms with E-state index in [4.69, 9.17) is 5.21 Å². The van der Waals surface area contributed by atoms with Crippen LogP contribution in [-0.4, -0.2) is 20.6 Å². The van der Waals surface area contributed by atoms with E-state index >= 15 is 0 Å². The molecule has 0 aliphatic rings. The van der Waals surface area contributed by atoms with Gasteiger partial charge in [-0.25, -0.2) is 4.21 Å². The summed E-state index contributed by atoms with van der Waals surface area (Å²) in [6, 6.07) is 8.78. The molecule has 5 heteroatoms. The van der Waals surface area contributed by atoms with Gasteiger partial charge in [0, 0.05) is 17.7 Å². The van der Waals surface area contributed by atoms with Gasteiger partial charge in [-0.1, -0.05) is 31.5 Å². The predicted octanol–water partition coefficient (Wildman–Crippen LogP) is 2.96. The van der Waals surface area contributed by atoms with E-state index in [1.165, 1.54) is 0 Å². The van der Waals surface area contributed by atoms with Gasteiger partial charge in [0.05, 0.1) is 9.71 Å². The average Bonchev–Trinajstić information content (AvgIpc) is 2.50. The molecule has 1 aromatic rings. The number of rotatable bonds is 9. The Bertz CT molecular complexity index is 519. The second kappa shape index (κ2) is 8.89. The van der Waals surface area contributed by atoms with Crippen LogP contribution in [0.3, 0.4) is 0 Å². The first-order valence-corrected chi connectivity index (χ1v) is 8.59. The van der Waals surface area contributed by atoms with Crippen molar-refractivity contribution < 1.29 is 14.2 Å². The van der Waals surface area contributed by atoms with Gasteiger partial charge in [-0.05, 0) is 36.8 Å². The number of benzene rings is 1. The summed E-state index contributed by atoms with van der Waals surface area (Å²) < 4.78 is 12.5. The second-order valence-corrected chi connectivity index (χ2v) is 6.89. The third-order valence-electron chi connectivity index (χ3n) is 3.05. The van der Waals surface area contributed by atoms with Gasteiger partial charge in [-0.3, -0.25) is 4.79 Å². The van der Waals surface area contributed by atoms with Crippen molar-refractivity contribution in [2.75, 3.05) is 0 Å². The fourth-order valence-electron chi connectivity index (χ4n) is 1.86. The van der Waals surface area contributed by atoms with E-state index in [1.807, 2.05) is 11.0 Å². The molecule has 0 radical (unpaired) electrons. The maximum Gasteiger partial charge on any atom is 0.132 e. The molecule has 0 spiro atoms. The van der Waals surface area contributed by atoms with Crippen LogP contribution >= 0.6 is 0 Å². The molecule has 112 valence electrons. The zero-order chi connectivity index (χ0) is 14.8. The molecule has 0 saturated heterocycles. The highest BCUT2D eigenvalue weighted by molar-refractivity contribution is 7.99. The van der Waals surface area contributed by atoms with Crippen LogP contribution in [0.5, 0.6) is 0 Å². The lowest BCUT2D eigenvalue weighted by Gasteiger charge is -2.08. The summed E-state index contributed by atoms with van der Waals surface area (Å²) >= 11 is 0. The van der Waals surface area contributed by atoms with E-state index < -0.39 is 9.71 Å². The molecule has 0 aromatic heterocycles. The number of carbonyl (C=O) groups excluding carboxylic acids is 1. The molecule has 0 heterocycles. The summed E-state index contributed by atoms with van der Waals surface area (Å²) in [5.41, 5.74) is 0. The van der Waals surface area contributed by atoms with E-state index in [2.05, 4.69) is 6.92 Å². The minimum atomic E-state index is -2.75. The summed E-state index contributed by atoms with van der Waals surface area (Å²) in [6.07, 6.45) is 4.28. The van der Waals surface area contributed by atoms with Gasteiger partial charge in [0.1, 0.15) is 5.78 Å². The first kappa shape index (κ1) is 16.9. The maximum absolute atomic E-state index is 12.5. The van der Waals surface area contributed by atoms with Crippen LogP contribution < -0.4 is 4.89 Å². The van der Waals surface area contributed by atoms with Crippen LogP contribution in [0.2, 0.25) is 0 Å². The first-order chi connectivity index (χ1) is 9.62. The topological polar surface area (TPSA) is 66.4 Å². The number of ketones is 1. The first-order valence-electron chi connectivity index (χ1n) is 6.97. The molecule has 1 atom stereocenters. The fraction of sp³-hybridized carbons (Fsp3) is 0.467. The van der Waals surface area contributed by atoms with Gasteiger partial charge in [-0.15, -0.1) is 4.89 Å². The Kier molecular flexibility index (Phi) is 7.51. The van der Waals surface area contributed by atoms with Crippen molar-refractivity contribution >= 4 is 20.9 Å². The highest BCUT2D eigenvalue weighted by Gasteiger charge is 2.08. The SMILES string of the molecule is CCCCC(=O)CCCC=S(=O)(NO)c1ccccc1. The molecule has 0 aliphatic heterocycles.